The topological polar surface area (TPSA) is 54.7 Å². The molecule has 0 aromatic carbocycles. The Bertz CT molecular complexity index is 475. The highest BCUT2D eigenvalue weighted by atomic mass is 35.5. The number of H-pyrrole nitrogens is 1. The summed E-state index contributed by atoms with van der Waals surface area (Å²) in [6.45, 7) is 1.88. The van der Waals surface area contributed by atoms with Crippen molar-refractivity contribution in [1.29, 1.82) is 0 Å². The Morgan fingerprint density at radius 1 is 1.50 bits per heavy atom. The van der Waals surface area contributed by atoms with Crippen molar-refractivity contribution < 1.29 is 0 Å². The summed E-state index contributed by atoms with van der Waals surface area (Å²) in [6.07, 6.45) is 0. The number of nitrogens with one attached hydrogen (secondary N) is 1. The lowest BCUT2D eigenvalue weighted by Gasteiger charge is -1.95. The number of anilines is 1. The number of thiophene rings is 1. The summed E-state index contributed by atoms with van der Waals surface area (Å²) in [6, 6.07) is 1.80. The van der Waals surface area contributed by atoms with Crippen LogP contribution in [-0.4, -0.2) is 10.2 Å². The highest BCUT2D eigenvalue weighted by Crippen LogP contribution is 2.39. The molecule has 0 radical (unpaired) electrons. The quantitative estimate of drug-likeness (QED) is 0.813. The molecule has 0 saturated carbocycles. The van der Waals surface area contributed by atoms with Crippen LogP contribution in [-0.2, 0) is 0 Å². The Labute approximate surface area is 94.8 Å². The maximum absolute atomic E-state index is 6.01. The lowest BCUT2D eigenvalue weighted by Crippen LogP contribution is -1.86. The molecule has 0 fully saturated rings. The number of aromatic amines is 1. The summed E-state index contributed by atoms with van der Waals surface area (Å²) < 4.78 is 1.29. The smallest absolute Gasteiger partial charge is 0.148 e. The second-order valence-electron chi connectivity index (χ2n) is 2.85. The Morgan fingerprint density at radius 2 is 2.21 bits per heavy atom. The van der Waals surface area contributed by atoms with E-state index in [0.29, 0.717) is 14.5 Å². The van der Waals surface area contributed by atoms with Crippen LogP contribution < -0.4 is 5.73 Å². The first-order valence-electron chi connectivity index (χ1n) is 3.85. The van der Waals surface area contributed by atoms with Gasteiger partial charge in [0.15, 0.2) is 0 Å². The first kappa shape index (κ1) is 9.83. The van der Waals surface area contributed by atoms with Crippen molar-refractivity contribution in [3.05, 3.63) is 20.3 Å². The van der Waals surface area contributed by atoms with Gasteiger partial charge in [-0.3, -0.25) is 5.10 Å². The zero-order valence-electron chi connectivity index (χ0n) is 7.27. The number of rotatable bonds is 1. The predicted octanol–water partition coefficient (Wildman–Crippen LogP) is 3.34. The molecule has 74 valence electrons. The van der Waals surface area contributed by atoms with E-state index in [0.717, 1.165) is 16.8 Å². The fourth-order valence-corrected chi connectivity index (χ4v) is 2.66. The van der Waals surface area contributed by atoms with Gasteiger partial charge in [-0.2, -0.15) is 5.10 Å². The SMILES string of the molecule is Cc1c(N)n[nH]c1-c1cc(Cl)sc1Cl. The van der Waals surface area contributed by atoms with E-state index in [4.69, 9.17) is 28.9 Å². The minimum atomic E-state index is 0.485. The first-order chi connectivity index (χ1) is 6.59. The first-order valence-corrected chi connectivity index (χ1v) is 5.42. The van der Waals surface area contributed by atoms with Gasteiger partial charge < -0.3 is 5.73 Å². The van der Waals surface area contributed by atoms with Crippen LogP contribution >= 0.6 is 34.5 Å². The summed E-state index contributed by atoms with van der Waals surface area (Å²) in [5, 5.41) is 6.73. The molecule has 0 spiro atoms. The lowest BCUT2D eigenvalue weighted by molar-refractivity contribution is 1.10. The molecule has 3 nitrogen and oxygen atoms in total. The van der Waals surface area contributed by atoms with E-state index in [9.17, 15) is 0 Å². The number of hydrogen-bond acceptors (Lipinski definition) is 3. The van der Waals surface area contributed by atoms with E-state index >= 15 is 0 Å². The monoisotopic (exact) mass is 247 g/mol. The third-order valence-corrected chi connectivity index (χ3v) is 3.46. The molecule has 0 aliphatic heterocycles. The highest BCUT2D eigenvalue weighted by molar-refractivity contribution is 7.20. The van der Waals surface area contributed by atoms with Crippen LogP contribution in [0.5, 0.6) is 0 Å². The van der Waals surface area contributed by atoms with Crippen LogP contribution in [0.15, 0.2) is 6.07 Å². The van der Waals surface area contributed by atoms with Gasteiger partial charge >= 0.3 is 0 Å². The predicted molar refractivity (Wildman–Crippen MR) is 61.1 cm³/mol. The van der Waals surface area contributed by atoms with Gasteiger partial charge in [-0.25, -0.2) is 0 Å². The standard InChI is InChI=1S/C8H7Cl2N3S/c1-3-6(12-13-8(3)11)4-2-5(9)14-7(4)10/h2H,1H3,(H3,11,12,13). The van der Waals surface area contributed by atoms with Gasteiger partial charge in [0, 0.05) is 11.1 Å². The van der Waals surface area contributed by atoms with Crippen molar-refractivity contribution in [3.63, 3.8) is 0 Å². The summed E-state index contributed by atoms with van der Waals surface area (Å²) in [4.78, 5) is 0. The maximum Gasteiger partial charge on any atom is 0.148 e. The van der Waals surface area contributed by atoms with Crippen molar-refractivity contribution in [2.45, 2.75) is 6.92 Å². The molecule has 3 N–H and O–H groups in total. The summed E-state index contributed by atoms with van der Waals surface area (Å²) >= 11 is 13.2. The van der Waals surface area contributed by atoms with E-state index in [1.807, 2.05) is 6.92 Å². The molecule has 2 rings (SSSR count). The molecule has 0 bridgehead atoms. The van der Waals surface area contributed by atoms with E-state index in [1.165, 1.54) is 11.3 Å². The van der Waals surface area contributed by atoms with Gasteiger partial charge in [0.2, 0.25) is 0 Å². The molecule has 2 heterocycles. The normalized spacial score (nSPS) is 10.8. The van der Waals surface area contributed by atoms with Crippen molar-refractivity contribution in [3.8, 4) is 11.3 Å². The molecule has 0 amide bonds. The van der Waals surface area contributed by atoms with Gasteiger partial charge in [0.25, 0.3) is 0 Å². The van der Waals surface area contributed by atoms with Crippen LogP contribution in [0.25, 0.3) is 11.3 Å². The molecule has 6 heteroatoms. The van der Waals surface area contributed by atoms with Crippen molar-refractivity contribution in [2.75, 3.05) is 5.73 Å². The van der Waals surface area contributed by atoms with Gasteiger partial charge in [-0.05, 0) is 13.0 Å². The van der Waals surface area contributed by atoms with Crippen LogP contribution in [0.4, 0.5) is 5.82 Å². The molecule has 2 aromatic heterocycles. The number of nitrogens with zero attached hydrogens (tertiary/aromatic N) is 1. The Kier molecular flexibility index (Phi) is 2.43. The average Bonchev–Trinajstić information content (AvgIpc) is 2.59. The molecule has 2 aromatic rings. The number of nitrogens with two attached hydrogens (primary N) is 1. The molecule has 0 aliphatic carbocycles. The molecular weight excluding hydrogens is 241 g/mol. The molecule has 14 heavy (non-hydrogen) atoms. The second kappa shape index (κ2) is 3.46. The van der Waals surface area contributed by atoms with E-state index < -0.39 is 0 Å². The molecular formula is C8H7Cl2N3S. The van der Waals surface area contributed by atoms with Crippen molar-refractivity contribution in [2.24, 2.45) is 0 Å². The van der Waals surface area contributed by atoms with Gasteiger partial charge in [0.05, 0.1) is 10.0 Å². The summed E-state index contributed by atoms with van der Waals surface area (Å²) in [5.74, 6) is 0.485. The van der Waals surface area contributed by atoms with Gasteiger partial charge in [-0.15, -0.1) is 11.3 Å². The van der Waals surface area contributed by atoms with Gasteiger partial charge in [0.1, 0.15) is 10.2 Å². The number of hydrogen-bond donors (Lipinski definition) is 2. The number of aromatic nitrogens is 2. The fourth-order valence-electron chi connectivity index (χ4n) is 1.18. The average molecular weight is 248 g/mol. The Balaban J connectivity index is 2.59. The Morgan fingerprint density at radius 3 is 2.64 bits per heavy atom. The van der Waals surface area contributed by atoms with Crippen molar-refractivity contribution >= 4 is 40.4 Å². The minimum Gasteiger partial charge on any atom is -0.382 e. The zero-order valence-corrected chi connectivity index (χ0v) is 9.59. The van der Waals surface area contributed by atoms with Crippen LogP contribution in [0.3, 0.4) is 0 Å². The molecule has 0 aliphatic rings. The Hall–Kier alpha value is -0.710. The zero-order chi connectivity index (χ0) is 10.3. The minimum absolute atomic E-state index is 0.485. The third-order valence-electron chi connectivity index (χ3n) is 1.97. The molecule has 0 atom stereocenters. The van der Waals surface area contributed by atoms with E-state index in [2.05, 4.69) is 10.2 Å². The van der Waals surface area contributed by atoms with E-state index in [1.54, 1.807) is 6.07 Å². The molecule has 0 saturated heterocycles. The van der Waals surface area contributed by atoms with Crippen LogP contribution in [0.1, 0.15) is 5.56 Å². The summed E-state index contributed by atoms with van der Waals surface area (Å²) in [5.41, 5.74) is 8.19. The van der Waals surface area contributed by atoms with Crippen molar-refractivity contribution in [1.82, 2.24) is 10.2 Å². The van der Waals surface area contributed by atoms with Crippen LogP contribution in [0, 0.1) is 6.92 Å². The number of halogens is 2. The van der Waals surface area contributed by atoms with E-state index in [-0.39, 0.29) is 0 Å². The number of nitrogen functional groups attached to an aromatic ring is 1. The second-order valence-corrected chi connectivity index (χ2v) is 5.13. The highest BCUT2D eigenvalue weighted by Gasteiger charge is 2.14. The fraction of sp³-hybridized carbons (Fsp3) is 0.125. The maximum atomic E-state index is 6.01. The summed E-state index contributed by atoms with van der Waals surface area (Å²) in [7, 11) is 0. The third kappa shape index (κ3) is 1.49. The van der Waals surface area contributed by atoms with Gasteiger partial charge in [-0.1, -0.05) is 23.2 Å². The molecule has 0 unspecified atom stereocenters. The lowest BCUT2D eigenvalue weighted by atomic mass is 10.1. The van der Waals surface area contributed by atoms with Crippen LogP contribution in [0.2, 0.25) is 8.67 Å². The largest absolute Gasteiger partial charge is 0.382 e.